The number of benzene rings is 1. The van der Waals surface area contributed by atoms with Crippen LogP contribution in [0.15, 0.2) is 30.3 Å². The minimum Gasteiger partial charge on any atom is -0.465 e. The van der Waals surface area contributed by atoms with Crippen LogP contribution in [0.3, 0.4) is 0 Å². The fourth-order valence-electron chi connectivity index (χ4n) is 3.04. The molecular formula is C18H26O2. The summed E-state index contributed by atoms with van der Waals surface area (Å²) < 4.78 is 5.54. The number of carbonyl (C=O) groups is 1. The molecule has 0 aliphatic heterocycles. The third-order valence-electron chi connectivity index (χ3n) is 4.22. The average molecular weight is 274 g/mol. The smallest absolute Gasteiger partial charge is 0.313 e. The van der Waals surface area contributed by atoms with Crippen molar-refractivity contribution in [1.29, 1.82) is 0 Å². The Balaban J connectivity index is 2.04. The van der Waals surface area contributed by atoms with Crippen molar-refractivity contribution in [3.8, 4) is 0 Å². The van der Waals surface area contributed by atoms with Gasteiger partial charge < -0.3 is 4.74 Å². The topological polar surface area (TPSA) is 26.3 Å². The molecule has 1 unspecified atom stereocenters. The molecule has 2 rings (SSSR count). The molecule has 0 saturated heterocycles. The van der Waals surface area contributed by atoms with Crippen LogP contribution in [-0.4, -0.2) is 12.6 Å². The Morgan fingerprint density at radius 3 is 2.45 bits per heavy atom. The Morgan fingerprint density at radius 1 is 1.20 bits per heavy atom. The minimum atomic E-state index is -0.0640. The van der Waals surface area contributed by atoms with E-state index < -0.39 is 0 Å². The van der Waals surface area contributed by atoms with E-state index in [0.717, 1.165) is 24.8 Å². The number of esters is 1. The molecule has 0 N–H and O–H groups in total. The molecule has 2 nitrogen and oxygen atoms in total. The molecule has 1 saturated carbocycles. The van der Waals surface area contributed by atoms with E-state index in [4.69, 9.17) is 4.74 Å². The number of rotatable bonds is 6. The maximum absolute atomic E-state index is 12.5. The molecule has 1 aliphatic rings. The van der Waals surface area contributed by atoms with Gasteiger partial charge in [0.2, 0.25) is 0 Å². The van der Waals surface area contributed by atoms with E-state index in [1.165, 1.54) is 12.8 Å². The molecule has 2 heteroatoms. The van der Waals surface area contributed by atoms with Gasteiger partial charge in [-0.25, -0.2) is 0 Å². The summed E-state index contributed by atoms with van der Waals surface area (Å²) in [5.74, 6) is 0.947. The first-order valence-corrected chi connectivity index (χ1v) is 7.90. The van der Waals surface area contributed by atoms with Crippen molar-refractivity contribution < 1.29 is 9.53 Å². The molecule has 110 valence electrons. The van der Waals surface area contributed by atoms with Gasteiger partial charge in [-0.15, -0.1) is 0 Å². The molecule has 0 spiro atoms. The van der Waals surface area contributed by atoms with Gasteiger partial charge in [0.25, 0.3) is 0 Å². The van der Waals surface area contributed by atoms with Crippen LogP contribution < -0.4 is 0 Å². The van der Waals surface area contributed by atoms with Crippen molar-refractivity contribution in [2.24, 2.45) is 11.8 Å². The summed E-state index contributed by atoms with van der Waals surface area (Å²) in [5.41, 5.74) is 1.12. The molecule has 1 atom stereocenters. The molecule has 0 amide bonds. The fraction of sp³-hybridized carbons (Fsp3) is 0.611. The quantitative estimate of drug-likeness (QED) is 0.711. The normalized spacial score (nSPS) is 17.4. The van der Waals surface area contributed by atoms with Crippen molar-refractivity contribution in [2.75, 3.05) is 6.61 Å². The third-order valence-corrected chi connectivity index (χ3v) is 4.22. The van der Waals surface area contributed by atoms with Gasteiger partial charge in [0.15, 0.2) is 0 Å². The van der Waals surface area contributed by atoms with E-state index in [1.807, 2.05) is 18.2 Å². The Hall–Kier alpha value is -1.31. The first-order chi connectivity index (χ1) is 9.68. The third kappa shape index (κ3) is 4.09. The van der Waals surface area contributed by atoms with Gasteiger partial charge in [-0.05, 0) is 36.7 Å². The van der Waals surface area contributed by atoms with Crippen molar-refractivity contribution in [3.05, 3.63) is 35.9 Å². The molecule has 1 fully saturated rings. The number of hydrogen-bond acceptors (Lipinski definition) is 2. The molecule has 0 heterocycles. The lowest BCUT2D eigenvalue weighted by molar-refractivity contribution is -0.147. The van der Waals surface area contributed by atoms with Crippen LogP contribution in [0.2, 0.25) is 0 Å². The van der Waals surface area contributed by atoms with Crippen molar-refractivity contribution >= 4 is 5.97 Å². The van der Waals surface area contributed by atoms with Crippen molar-refractivity contribution in [3.63, 3.8) is 0 Å². The van der Waals surface area contributed by atoms with E-state index in [0.29, 0.717) is 18.4 Å². The van der Waals surface area contributed by atoms with Crippen molar-refractivity contribution in [1.82, 2.24) is 0 Å². The predicted octanol–water partition coefficient (Wildman–Crippen LogP) is 4.55. The Bertz CT molecular complexity index is 405. The Kier molecular flexibility index (Phi) is 5.63. The van der Waals surface area contributed by atoms with Crippen LogP contribution in [-0.2, 0) is 9.53 Å². The summed E-state index contributed by atoms with van der Waals surface area (Å²) in [6.07, 6.45) is 5.73. The van der Waals surface area contributed by atoms with Gasteiger partial charge in [0.05, 0.1) is 12.5 Å². The summed E-state index contributed by atoms with van der Waals surface area (Å²) in [5, 5.41) is 0. The maximum atomic E-state index is 12.5. The summed E-state index contributed by atoms with van der Waals surface area (Å²) in [6.45, 7) is 4.85. The van der Waals surface area contributed by atoms with Crippen LogP contribution in [0.5, 0.6) is 0 Å². The van der Waals surface area contributed by atoms with E-state index in [9.17, 15) is 4.79 Å². The van der Waals surface area contributed by atoms with Crippen LogP contribution in [0.4, 0.5) is 0 Å². The van der Waals surface area contributed by atoms with Crippen LogP contribution in [0.25, 0.3) is 0 Å². The number of hydrogen-bond donors (Lipinski definition) is 0. The van der Waals surface area contributed by atoms with Crippen molar-refractivity contribution in [2.45, 2.75) is 51.9 Å². The van der Waals surface area contributed by atoms with Gasteiger partial charge >= 0.3 is 5.97 Å². The van der Waals surface area contributed by atoms with Gasteiger partial charge in [-0.1, -0.05) is 57.0 Å². The largest absolute Gasteiger partial charge is 0.465 e. The monoisotopic (exact) mass is 274 g/mol. The fourth-order valence-corrected chi connectivity index (χ4v) is 3.04. The minimum absolute atomic E-state index is 0.0243. The summed E-state index contributed by atoms with van der Waals surface area (Å²) in [6, 6.07) is 10.1. The molecule has 1 aliphatic carbocycles. The van der Waals surface area contributed by atoms with Gasteiger partial charge in [-0.2, -0.15) is 0 Å². The first-order valence-electron chi connectivity index (χ1n) is 7.90. The van der Waals surface area contributed by atoms with Gasteiger partial charge in [0.1, 0.15) is 0 Å². The van der Waals surface area contributed by atoms with E-state index >= 15 is 0 Å². The second-order valence-electron chi connectivity index (χ2n) is 6.28. The van der Waals surface area contributed by atoms with Crippen LogP contribution in [0.1, 0.15) is 57.4 Å². The summed E-state index contributed by atoms with van der Waals surface area (Å²) in [7, 11) is 0. The summed E-state index contributed by atoms with van der Waals surface area (Å²) >= 11 is 0. The predicted molar refractivity (Wildman–Crippen MR) is 81.6 cm³/mol. The van der Waals surface area contributed by atoms with Crippen LogP contribution >= 0.6 is 0 Å². The van der Waals surface area contributed by atoms with Crippen LogP contribution in [0, 0.1) is 11.8 Å². The Morgan fingerprint density at radius 2 is 1.85 bits per heavy atom. The molecule has 1 aromatic carbocycles. The van der Waals surface area contributed by atoms with E-state index in [2.05, 4.69) is 26.0 Å². The molecule has 1 aromatic rings. The SMILES string of the molecule is CC(C)CCOC(=O)C(c1ccccc1)C1CCCC1. The second kappa shape index (κ2) is 7.47. The molecule has 0 bridgehead atoms. The summed E-state index contributed by atoms with van der Waals surface area (Å²) in [4.78, 5) is 12.5. The highest BCUT2D eigenvalue weighted by molar-refractivity contribution is 5.78. The van der Waals surface area contributed by atoms with Gasteiger partial charge in [0, 0.05) is 0 Å². The zero-order valence-corrected chi connectivity index (χ0v) is 12.7. The number of carbonyl (C=O) groups excluding carboxylic acids is 1. The van der Waals surface area contributed by atoms with E-state index in [-0.39, 0.29) is 11.9 Å². The first kappa shape index (κ1) is 15.1. The molecule has 0 radical (unpaired) electrons. The second-order valence-corrected chi connectivity index (χ2v) is 6.28. The highest BCUT2D eigenvalue weighted by atomic mass is 16.5. The number of ether oxygens (including phenoxy) is 1. The highest BCUT2D eigenvalue weighted by Crippen LogP contribution is 2.38. The van der Waals surface area contributed by atoms with Gasteiger partial charge in [-0.3, -0.25) is 4.79 Å². The van der Waals surface area contributed by atoms with E-state index in [1.54, 1.807) is 0 Å². The highest BCUT2D eigenvalue weighted by Gasteiger charge is 2.32. The molecule has 0 aromatic heterocycles. The zero-order chi connectivity index (χ0) is 14.4. The zero-order valence-electron chi connectivity index (χ0n) is 12.7. The Labute approximate surface area is 122 Å². The average Bonchev–Trinajstić information content (AvgIpc) is 2.93. The lowest BCUT2D eigenvalue weighted by Crippen LogP contribution is -2.23. The molecule has 20 heavy (non-hydrogen) atoms. The lowest BCUT2D eigenvalue weighted by Gasteiger charge is -2.22. The lowest BCUT2D eigenvalue weighted by atomic mass is 9.85. The maximum Gasteiger partial charge on any atom is 0.313 e. The standard InChI is InChI=1S/C18H26O2/c1-14(2)12-13-20-18(19)17(16-10-6-7-11-16)15-8-4-3-5-9-15/h3-5,8-9,14,16-17H,6-7,10-13H2,1-2H3. The molecular weight excluding hydrogens is 248 g/mol.